The molecule has 0 aliphatic heterocycles. The van der Waals surface area contributed by atoms with Gasteiger partial charge in [0.2, 0.25) is 0 Å². The fourth-order valence-corrected chi connectivity index (χ4v) is 2.97. The summed E-state index contributed by atoms with van der Waals surface area (Å²) in [6.07, 6.45) is 6.66. The van der Waals surface area contributed by atoms with E-state index in [9.17, 15) is 5.11 Å². The number of aryl methyl sites for hydroxylation is 1. The van der Waals surface area contributed by atoms with Crippen LogP contribution in [0.5, 0.6) is 0 Å². The zero-order valence-corrected chi connectivity index (χ0v) is 13.5. The minimum atomic E-state index is -0.216. The van der Waals surface area contributed by atoms with E-state index in [0.29, 0.717) is 0 Å². The Labute approximate surface area is 127 Å². The fourth-order valence-electron chi connectivity index (χ4n) is 2.97. The molecule has 21 heavy (non-hydrogen) atoms. The molecule has 5 heteroatoms. The lowest BCUT2D eigenvalue weighted by Gasteiger charge is -2.37. The molecule has 0 radical (unpaired) electrons. The summed E-state index contributed by atoms with van der Waals surface area (Å²) in [4.78, 5) is 9.04. The molecule has 0 unspecified atom stereocenters. The second kappa shape index (κ2) is 7.07. The maximum atomic E-state index is 9.85. The van der Waals surface area contributed by atoms with Gasteiger partial charge in [-0.15, -0.1) is 0 Å². The molecule has 3 N–H and O–H groups in total. The van der Waals surface area contributed by atoms with Gasteiger partial charge in [0.15, 0.2) is 0 Å². The van der Waals surface area contributed by atoms with Crippen molar-refractivity contribution in [3.63, 3.8) is 0 Å². The zero-order chi connectivity index (χ0) is 15.3. The van der Waals surface area contributed by atoms with E-state index >= 15 is 0 Å². The van der Waals surface area contributed by atoms with Gasteiger partial charge in [0, 0.05) is 12.1 Å². The Bertz CT molecular complexity index is 470. The Morgan fingerprint density at radius 1 is 1.10 bits per heavy atom. The van der Waals surface area contributed by atoms with Gasteiger partial charge in [-0.1, -0.05) is 26.2 Å². The molecule has 1 heterocycles. The second-order valence-electron chi connectivity index (χ2n) is 6.14. The van der Waals surface area contributed by atoms with Crippen LogP contribution < -0.4 is 10.6 Å². The van der Waals surface area contributed by atoms with Crippen molar-refractivity contribution in [1.29, 1.82) is 0 Å². The van der Waals surface area contributed by atoms with Gasteiger partial charge in [0.05, 0.1) is 12.1 Å². The Kier molecular flexibility index (Phi) is 5.39. The minimum Gasteiger partial charge on any atom is -0.394 e. The predicted molar refractivity (Wildman–Crippen MR) is 86.8 cm³/mol. The lowest BCUT2D eigenvalue weighted by molar-refractivity contribution is 0.172. The van der Waals surface area contributed by atoms with Crippen molar-refractivity contribution in [2.75, 3.05) is 23.8 Å². The average molecular weight is 292 g/mol. The summed E-state index contributed by atoms with van der Waals surface area (Å²) in [6.45, 7) is 7.15. The van der Waals surface area contributed by atoms with Crippen LogP contribution in [0.25, 0.3) is 0 Å². The van der Waals surface area contributed by atoms with Crippen LogP contribution in [0.2, 0.25) is 0 Å². The van der Waals surface area contributed by atoms with E-state index in [2.05, 4.69) is 27.5 Å². The lowest BCUT2D eigenvalue weighted by atomic mass is 9.82. The van der Waals surface area contributed by atoms with Gasteiger partial charge >= 0.3 is 0 Å². The zero-order valence-electron chi connectivity index (χ0n) is 13.5. The second-order valence-corrected chi connectivity index (χ2v) is 6.14. The monoisotopic (exact) mass is 292 g/mol. The van der Waals surface area contributed by atoms with Crippen molar-refractivity contribution in [3.8, 4) is 0 Å². The summed E-state index contributed by atoms with van der Waals surface area (Å²) < 4.78 is 0. The Hall–Kier alpha value is -1.36. The maximum absolute atomic E-state index is 9.85. The standard InChI is InChI=1S/C16H28N4O/c1-4-10-17-14-12(2)15(19-13(3)18-14)20-16(11-21)8-6-5-7-9-16/h21H,4-11H2,1-3H3,(H2,17,18,19,20). The summed E-state index contributed by atoms with van der Waals surface area (Å²) in [6, 6.07) is 0. The molecule has 0 saturated heterocycles. The third-order valence-corrected chi connectivity index (χ3v) is 4.30. The first-order chi connectivity index (χ1) is 10.1. The van der Waals surface area contributed by atoms with E-state index < -0.39 is 0 Å². The first kappa shape index (κ1) is 16.0. The van der Waals surface area contributed by atoms with E-state index in [-0.39, 0.29) is 12.1 Å². The van der Waals surface area contributed by atoms with Gasteiger partial charge in [-0.3, -0.25) is 0 Å². The molecular formula is C16H28N4O. The molecule has 1 aliphatic carbocycles. The van der Waals surface area contributed by atoms with Crippen LogP contribution in [-0.2, 0) is 0 Å². The van der Waals surface area contributed by atoms with Gasteiger partial charge < -0.3 is 15.7 Å². The molecule has 0 atom stereocenters. The van der Waals surface area contributed by atoms with Crippen LogP contribution in [0.4, 0.5) is 11.6 Å². The minimum absolute atomic E-state index is 0.160. The van der Waals surface area contributed by atoms with Gasteiger partial charge in [0.25, 0.3) is 0 Å². The largest absolute Gasteiger partial charge is 0.394 e. The predicted octanol–water partition coefficient (Wildman–Crippen LogP) is 3.02. The van der Waals surface area contributed by atoms with E-state index in [0.717, 1.165) is 61.7 Å². The molecule has 0 aromatic carbocycles. The van der Waals surface area contributed by atoms with Gasteiger partial charge in [-0.2, -0.15) is 0 Å². The van der Waals surface area contributed by atoms with Crippen molar-refractivity contribution < 1.29 is 5.11 Å². The molecule has 0 bridgehead atoms. The SMILES string of the molecule is CCCNc1nc(C)nc(NC2(CO)CCCCC2)c1C. The highest BCUT2D eigenvalue weighted by atomic mass is 16.3. The quantitative estimate of drug-likeness (QED) is 0.752. The molecule has 118 valence electrons. The van der Waals surface area contributed by atoms with Crippen LogP contribution in [-0.4, -0.2) is 33.8 Å². The molecule has 1 saturated carbocycles. The van der Waals surface area contributed by atoms with E-state index in [1.807, 2.05) is 13.8 Å². The van der Waals surface area contributed by atoms with Crippen LogP contribution in [0, 0.1) is 13.8 Å². The summed E-state index contributed by atoms with van der Waals surface area (Å²) in [5.74, 6) is 2.51. The number of hydrogen-bond donors (Lipinski definition) is 3. The summed E-state index contributed by atoms with van der Waals surface area (Å²) in [7, 11) is 0. The molecule has 0 spiro atoms. The van der Waals surface area contributed by atoms with E-state index in [4.69, 9.17) is 0 Å². The molecule has 2 rings (SSSR count). The van der Waals surface area contributed by atoms with Crippen molar-refractivity contribution in [2.24, 2.45) is 0 Å². The number of anilines is 2. The smallest absolute Gasteiger partial charge is 0.135 e. The van der Waals surface area contributed by atoms with Crippen molar-refractivity contribution in [1.82, 2.24) is 9.97 Å². The highest BCUT2D eigenvalue weighted by Gasteiger charge is 2.32. The topological polar surface area (TPSA) is 70.1 Å². The molecule has 5 nitrogen and oxygen atoms in total. The molecule has 1 aromatic rings. The normalized spacial score (nSPS) is 17.5. The lowest BCUT2D eigenvalue weighted by Crippen LogP contribution is -2.44. The van der Waals surface area contributed by atoms with Crippen molar-refractivity contribution >= 4 is 11.6 Å². The Morgan fingerprint density at radius 2 is 1.76 bits per heavy atom. The molecule has 0 amide bonds. The van der Waals surface area contributed by atoms with Crippen LogP contribution in [0.1, 0.15) is 56.8 Å². The van der Waals surface area contributed by atoms with E-state index in [1.165, 1.54) is 6.42 Å². The van der Waals surface area contributed by atoms with E-state index in [1.54, 1.807) is 0 Å². The van der Waals surface area contributed by atoms with Crippen LogP contribution in [0.15, 0.2) is 0 Å². The van der Waals surface area contributed by atoms with Gasteiger partial charge in [0.1, 0.15) is 17.5 Å². The van der Waals surface area contributed by atoms with Crippen molar-refractivity contribution in [2.45, 2.75) is 64.8 Å². The summed E-state index contributed by atoms with van der Waals surface area (Å²) >= 11 is 0. The summed E-state index contributed by atoms with van der Waals surface area (Å²) in [5, 5.41) is 16.7. The number of nitrogens with zero attached hydrogens (tertiary/aromatic N) is 2. The van der Waals surface area contributed by atoms with Gasteiger partial charge in [-0.25, -0.2) is 9.97 Å². The third kappa shape index (κ3) is 3.84. The number of rotatable bonds is 6. The third-order valence-electron chi connectivity index (χ3n) is 4.30. The highest BCUT2D eigenvalue weighted by molar-refractivity contribution is 5.58. The highest BCUT2D eigenvalue weighted by Crippen LogP contribution is 2.32. The maximum Gasteiger partial charge on any atom is 0.135 e. The Balaban J connectivity index is 2.23. The van der Waals surface area contributed by atoms with Crippen molar-refractivity contribution in [3.05, 3.63) is 11.4 Å². The fraction of sp³-hybridized carbons (Fsp3) is 0.750. The number of aliphatic hydroxyl groups excluding tert-OH is 1. The number of aliphatic hydroxyl groups is 1. The van der Waals surface area contributed by atoms with Gasteiger partial charge in [-0.05, 0) is 33.1 Å². The average Bonchev–Trinajstić information content (AvgIpc) is 2.50. The summed E-state index contributed by atoms with van der Waals surface area (Å²) in [5.41, 5.74) is 0.818. The van der Waals surface area contributed by atoms with Crippen LogP contribution in [0.3, 0.4) is 0 Å². The Morgan fingerprint density at radius 3 is 2.38 bits per heavy atom. The molecular weight excluding hydrogens is 264 g/mol. The molecule has 1 aliphatic rings. The number of nitrogens with one attached hydrogen (secondary N) is 2. The van der Waals surface area contributed by atoms with Crippen LogP contribution >= 0.6 is 0 Å². The number of hydrogen-bond acceptors (Lipinski definition) is 5. The molecule has 1 aromatic heterocycles. The first-order valence-electron chi connectivity index (χ1n) is 8.08. The number of aromatic nitrogens is 2. The first-order valence-corrected chi connectivity index (χ1v) is 8.08. The molecule has 1 fully saturated rings.